The molecule has 1 aromatic heterocycles. The summed E-state index contributed by atoms with van der Waals surface area (Å²) < 4.78 is 1.33. The first kappa shape index (κ1) is 12.1. The molecular formula is C11H13N5O2. The molecule has 0 saturated heterocycles. The summed E-state index contributed by atoms with van der Waals surface area (Å²) in [6.45, 7) is 1.60. The number of amides is 1. The third-order valence-electron chi connectivity index (χ3n) is 2.36. The quantitative estimate of drug-likeness (QED) is 0.701. The Hall–Kier alpha value is -2.41. The number of H-pyrrole nitrogens is 1. The van der Waals surface area contributed by atoms with E-state index in [0.29, 0.717) is 11.4 Å². The van der Waals surface area contributed by atoms with Crippen LogP contribution in [0.5, 0.6) is 0 Å². The zero-order valence-corrected chi connectivity index (χ0v) is 9.75. The predicted octanol–water partition coefficient (Wildman–Crippen LogP) is -0.154. The second kappa shape index (κ2) is 4.84. The third-order valence-corrected chi connectivity index (χ3v) is 2.36. The molecule has 0 spiro atoms. The van der Waals surface area contributed by atoms with Gasteiger partial charge in [0, 0.05) is 5.69 Å². The number of nitrogens with zero attached hydrogens (tertiary/aromatic N) is 2. The molecule has 1 aromatic carbocycles. The summed E-state index contributed by atoms with van der Waals surface area (Å²) in [6, 6.07) is 6.25. The maximum atomic E-state index is 11.5. The van der Waals surface area contributed by atoms with Gasteiger partial charge in [0.1, 0.15) is 6.33 Å². The van der Waals surface area contributed by atoms with Crippen molar-refractivity contribution in [2.75, 3.05) is 5.32 Å². The normalized spacial score (nSPS) is 12.1. The first-order chi connectivity index (χ1) is 8.58. The highest BCUT2D eigenvalue weighted by Crippen LogP contribution is 2.13. The number of hydrogen-bond acceptors (Lipinski definition) is 4. The lowest BCUT2D eigenvalue weighted by Gasteiger charge is -2.09. The molecule has 2 rings (SSSR count). The van der Waals surface area contributed by atoms with E-state index in [4.69, 9.17) is 5.73 Å². The number of aromatic amines is 1. The Kier molecular flexibility index (Phi) is 3.24. The molecule has 0 radical (unpaired) electrons. The SMILES string of the molecule is CC(N)C(=O)Nc1cccc(-n2cn[nH]c2=O)c1. The molecule has 0 aliphatic carbocycles. The summed E-state index contributed by atoms with van der Waals surface area (Å²) in [4.78, 5) is 22.9. The minimum absolute atomic E-state index is 0.285. The molecule has 7 nitrogen and oxygen atoms in total. The van der Waals surface area contributed by atoms with Crippen LogP contribution in [0.2, 0.25) is 0 Å². The number of carbonyl (C=O) groups excluding carboxylic acids is 1. The van der Waals surface area contributed by atoms with Gasteiger partial charge < -0.3 is 11.1 Å². The monoisotopic (exact) mass is 247 g/mol. The van der Waals surface area contributed by atoms with Gasteiger partial charge in [0.2, 0.25) is 5.91 Å². The molecule has 7 heteroatoms. The molecule has 1 atom stereocenters. The highest BCUT2D eigenvalue weighted by molar-refractivity contribution is 5.94. The summed E-state index contributed by atoms with van der Waals surface area (Å²) in [5.41, 5.74) is 6.30. The van der Waals surface area contributed by atoms with Crippen LogP contribution in [0.25, 0.3) is 5.69 Å². The van der Waals surface area contributed by atoms with E-state index in [0.717, 1.165) is 0 Å². The van der Waals surface area contributed by atoms with Gasteiger partial charge in [0.15, 0.2) is 0 Å². The second-order valence-electron chi connectivity index (χ2n) is 3.86. The Morgan fingerprint density at radius 2 is 2.33 bits per heavy atom. The van der Waals surface area contributed by atoms with Gasteiger partial charge in [-0.05, 0) is 25.1 Å². The van der Waals surface area contributed by atoms with Crippen LogP contribution in [-0.4, -0.2) is 26.7 Å². The van der Waals surface area contributed by atoms with Crippen molar-refractivity contribution in [1.82, 2.24) is 14.8 Å². The molecule has 0 fully saturated rings. The number of nitrogens with one attached hydrogen (secondary N) is 2. The van der Waals surface area contributed by atoms with Gasteiger partial charge in [-0.1, -0.05) is 6.07 Å². The lowest BCUT2D eigenvalue weighted by molar-refractivity contribution is -0.117. The van der Waals surface area contributed by atoms with E-state index in [2.05, 4.69) is 15.5 Å². The summed E-state index contributed by atoms with van der Waals surface area (Å²) >= 11 is 0. The number of hydrogen-bond donors (Lipinski definition) is 3. The van der Waals surface area contributed by atoms with Crippen molar-refractivity contribution in [1.29, 1.82) is 0 Å². The van der Waals surface area contributed by atoms with E-state index in [1.165, 1.54) is 10.9 Å². The van der Waals surface area contributed by atoms with E-state index >= 15 is 0 Å². The fourth-order valence-electron chi connectivity index (χ4n) is 1.42. The minimum atomic E-state index is -0.592. The van der Waals surface area contributed by atoms with Gasteiger partial charge in [-0.25, -0.2) is 14.5 Å². The molecule has 1 amide bonds. The lowest BCUT2D eigenvalue weighted by atomic mass is 10.2. The van der Waals surface area contributed by atoms with E-state index < -0.39 is 6.04 Å². The summed E-state index contributed by atoms with van der Waals surface area (Å²) in [5, 5.41) is 8.58. The van der Waals surface area contributed by atoms with Gasteiger partial charge in [-0.2, -0.15) is 5.10 Å². The van der Waals surface area contributed by atoms with Crippen LogP contribution < -0.4 is 16.7 Å². The standard InChI is InChI=1S/C11H13N5O2/c1-7(12)10(17)14-8-3-2-4-9(5-8)16-6-13-15-11(16)18/h2-7H,12H2,1H3,(H,14,17)(H,15,18). The molecule has 18 heavy (non-hydrogen) atoms. The molecule has 2 aromatic rings. The summed E-state index contributed by atoms with van der Waals surface area (Å²) in [5.74, 6) is -0.285. The second-order valence-corrected chi connectivity index (χ2v) is 3.86. The van der Waals surface area contributed by atoms with Crippen molar-refractivity contribution in [3.8, 4) is 5.69 Å². The molecule has 1 unspecified atom stereocenters. The topological polar surface area (TPSA) is 106 Å². The van der Waals surface area contributed by atoms with Crippen LogP contribution in [0.1, 0.15) is 6.92 Å². The third kappa shape index (κ3) is 2.46. The van der Waals surface area contributed by atoms with Gasteiger partial charge in [-0.15, -0.1) is 0 Å². The number of benzene rings is 1. The molecule has 4 N–H and O–H groups in total. The van der Waals surface area contributed by atoms with Gasteiger partial charge >= 0.3 is 5.69 Å². The number of carbonyl (C=O) groups is 1. The molecular weight excluding hydrogens is 234 g/mol. The first-order valence-electron chi connectivity index (χ1n) is 5.37. The fourth-order valence-corrected chi connectivity index (χ4v) is 1.42. The van der Waals surface area contributed by atoms with E-state index in [1.54, 1.807) is 31.2 Å². The van der Waals surface area contributed by atoms with Crippen molar-refractivity contribution in [3.63, 3.8) is 0 Å². The van der Waals surface area contributed by atoms with Gasteiger partial charge in [0.05, 0.1) is 11.7 Å². The van der Waals surface area contributed by atoms with E-state index in [9.17, 15) is 9.59 Å². The van der Waals surface area contributed by atoms with Crippen molar-refractivity contribution in [2.45, 2.75) is 13.0 Å². The largest absolute Gasteiger partial charge is 0.347 e. The van der Waals surface area contributed by atoms with E-state index in [-0.39, 0.29) is 11.6 Å². The maximum absolute atomic E-state index is 11.5. The predicted molar refractivity (Wildman–Crippen MR) is 66.5 cm³/mol. The summed E-state index contributed by atoms with van der Waals surface area (Å²) in [7, 11) is 0. The zero-order chi connectivity index (χ0) is 13.1. The molecule has 0 bridgehead atoms. The smallest absolute Gasteiger partial charge is 0.325 e. The molecule has 94 valence electrons. The molecule has 0 aliphatic heterocycles. The lowest BCUT2D eigenvalue weighted by Crippen LogP contribution is -2.32. The Morgan fingerprint density at radius 1 is 1.56 bits per heavy atom. The minimum Gasteiger partial charge on any atom is -0.325 e. The first-order valence-corrected chi connectivity index (χ1v) is 5.37. The number of nitrogens with two attached hydrogens (primary N) is 1. The number of rotatable bonds is 3. The van der Waals surface area contributed by atoms with Crippen molar-refractivity contribution < 1.29 is 4.79 Å². The molecule has 0 saturated carbocycles. The summed E-state index contributed by atoms with van der Waals surface area (Å²) in [6.07, 6.45) is 1.37. The average Bonchev–Trinajstić information content (AvgIpc) is 2.75. The Morgan fingerprint density at radius 3 is 2.94 bits per heavy atom. The van der Waals surface area contributed by atoms with E-state index in [1.807, 2.05) is 0 Å². The molecule has 0 aliphatic rings. The van der Waals surface area contributed by atoms with Crippen LogP contribution >= 0.6 is 0 Å². The van der Waals surface area contributed by atoms with Crippen LogP contribution in [0.15, 0.2) is 35.4 Å². The Labute approximate surface area is 103 Å². The van der Waals surface area contributed by atoms with Gasteiger partial charge in [-0.3, -0.25) is 4.79 Å². The maximum Gasteiger partial charge on any atom is 0.347 e. The highest BCUT2D eigenvalue weighted by Gasteiger charge is 2.08. The van der Waals surface area contributed by atoms with Crippen LogP contribution in [0, 0.1) is 0 Å². The highest BCUT2D eigenvalue weighted by atomic mass is 16.2. The van der Waals surface area contributed by atoms with Crippen molar-refractivity contribution in [3.05, 3.63) is 41.1 Å². The Bertz CT molecular complexity index is 614. The number of aromatic nitrogens is 3. The Balaban J connectivity index is 2.29. The zero-order valence-electron chi connectivity index (χ0n) is 9.75. The van der Waals surface area contributed by atoms with Crippen LogP contribution in [0.3, 0.4) is 0 Å². The van der Waals surface area contributed by atoms with Crippen molar-refractivity contribution >= 4 is 11.6 Å². The van der Waals surface area contributed by atoms with Crippen LogP contribution in [0.4, 0.5) is 5.69 Å². The van der Waals surface area contributed by atoms with Crippen molar-refractivity contribution in [2.24, 2.45) is 5.73 Å². The molecule has 1 heterocycles. The fraction of sp³-hybridized carbons (Fsp3) is 0.182. The number of anilines is 1. The van der Waals surface area contributed by atoms with Gasteiger partial charge in [0.25, 0.3) is 0 Å². The van der Waals surface area contributed by atoms with Crippen LogP contribution in [-0.2, 0) is 4.79 Å². The average molecular weight is 247 g/mol.